The molecule has 1 aliphatic heterocycles. The molecule has 0 saturated carbocycles. The highest BCUT2D eigenvalue weighted by Gasteiger charge is 2.19. The lowest BCUT2D eigenvalue weighted by Gasteiger charge is -2.32. The van der Waals surface area contributed by atoms with E-state index in [-0.39, 0.29) is 0 Å². The normalized spacial score (nSPS) is 20.9. The molecule has 0 aliphatic carbocycles. The molecule has 1 saturated heterocycles. The van der Waals surface area contributed by atoms with Crippen LogP contribution in [0.2, 0.25) is 0 Å². The van der Waals surface area contributed by atoms with E-state index in [2.05, 4.69) is 17.0 Å². The van der Waals surface area contributed by atoms with Crippen molar-refractivity contribution in [1.82, 2.24) is 4.90 Å². The maximum Gasteiger partial charge on any atom is 0.123 e. The highest BCUT2D eigenvalue weighted by molar-refractivity contribution is 5.33. The van der Waals surface area contributed by atoms with Gasteiger partial charge in [-0.3, -0.25) is 4.90 Å². The van der Waals surface area contributed by atoms with Crippen molar-refractivity contribution in [2.45, 2.75) is 25.8 Å². The Morgan fingerprint density at radius 1 is 1.39 bits per heavy atom. The average molecular weight is 248 g/mol. The van der Waals surface area contributed by atoms with E-state index >= 15 is 0 Å². The van der Waals surface area contributed by atoms with Crippen LogP contribution in [0.25, 0.3) is 0 Å². The van der Waals surface area contributed by atoms with Crippen molar-refractivity contribution in [2.24, 2.45) is 11.7 Å². The van der Waals surface area contributed by atoms with Crippen LogP contribution in [0.15, 0.2) is 24.3 Å². The number of likely N-dealkylation sites (tertiary alicyclic amines) is 1. The maximum atomic E-state index is 5.66. The summed E-state index contributed by atoms with van der Waals surface area (Å²) < 4.78 is 5.41. The fourth-order valence-electron chi connectivity index (χ4n) is 2.84. The van der Waals surface area contributed by atoms with Gasteiger partial charge in [-0.2, -0.15) is 0 Å². The smallest absolute Gasteiger partial charge is 0.123 e. The first-order valence-corrected chi connectivity index (χ1v) is 6.87. The number of piperidine rings is 1. The third-order valence-electron chi connectivity index (χ3n) is 3.76. The Hall–Kier alpha value is -1.06. The second-order valence-electron chi connectivity index (χ2n) is 5.13. The standard InChI is InChI=1S/C15H24N2O/c1-18-15-7-3-2-6-14(15)12-17-10-4-5-13(11-17)8-9-16/h2-3,6-7,13H,4-5,8-12,16H2,1H3. The van der Waals surface area contributed by atoms with Gasteiger partial charge in [-0.05, 0) is 44.3 Å². The SMILES string of the molecule is COc1ccccc1CN1CCCC(CCN)C1. The third-order valence-corrected chi connectivity index (χ3v) is 3.76. The number of benzene rings is 1. The number of hydrogen-bond donors (Lipinski definition) is 1. The van der Waals surface area contributed by atoms with Crippen molar-refractivity contribution in [2.75, 3.05) is 26.7 Å². The number of nitrogens with zero attached hydrogens (tertiary/aromatic N) is 1. The van der Waals surface area contributed by atoms with Crippen LogP contribution in [-0.4, -0.2) is 31.6 Å². The summed E-state index contributed by atoms with van der Waals surface area (Å²) in [5, 5.41) is 0. The van der Waals surface area contributed by atoms with Crippen molar-refractivity contribution >= 4 is 0 Å². The van der Waals surface area contributed by atoms with Gasteiger partial charge in [-0.15, -0.1) is 0 Å². The Kier molecular flexibility index (Phi) is 5.02. The van der Waals surface area contributed by atoms with E-state index in [0.717, 1.165) is 31.2 Å². The zero-order valence-corrected chi connectivity index (χ0v) is 11.3. The van der Waals surface area contributed by atoms with Crippen LogP contribution in [0, 0.1) is 5.92 Å². The van der Waals surface area contributed by atoms with Crippen LogP contribution in [0.4, 0.5) is 0 Å². The third kappa shape index (κ3) is 3.47. The van der Waals surface area contributed by atoms with Crippen LogP contribution in [0.3, 0.4) is 0 Å². The van der Waals surface area contributed by atoms with Gasteiger partial charge in [0.05, 0.1) is 7.11 Å². The molecule has 1 fully saturated rings. The lowest BCUT2D eigenvalue weighted by molar-refractivity contribution is 0.161. The maximum absolute atomic E-state index is 5.66. The molecule has 1 aliphatic rings. The highest BCUT2D eigenvalue weighted by Crippen LogP contribution is 2.24. The predicted molar refractivity (Wildman–Crippen MR) is 74.7 cm³/mol. The minimum atomic E-state index is 0.776. The molecule has 0 radical (unpaired) electrons. The number of rotatable bonds is 5. The number of para-hydroxylation sites is 1. The van der Waals surface area contributed by atoms with Crippen LogP contribution >= 0.6 is 0 Å². The molecule has 0 aromatic heterocycles. The molecule has 18 heavy (non-hydrogen) atoms. The van der Waals surface area contributed by atoms with Gasteiger partial charge in [0.2, 0.25) is 0 Å². The summed E-state index contributed by atoms with van der Waals surface area (Å²) >= 11 is 0. The molecule has 2 N–H and O–H groups in total. The quantitative estimate of drug-likeness (QED) is 0.868. The predicted octanol–water partition coefficient (Wildman–Crippen LogP) is 2.26. The number of methoxy groups -OCH3 is 1. The van der Waals surface area contributed by atoms with Crippen LogP contribution < -0.4 is 10.5 Å². The second-order valence-corrected chi connectivity index (χ2v) is 5.13. The van der Waals surface area contributed by atoms with E-state index in [1.165, 1.54) is 31.5 Å². The molecular formula is C15H24N2O. The molecule has 1 unspecified atom stereocenters. The second kappa shape index (κ2) is 6.76. The topological polar surface area (TPSA) is 38.5 Å². The number of nitrogens with two attached hydrogens (primary N) is 1. The van der Waals surface area contributed by atoms with Crippen molar-refractivity contribution in [1.29, 1.82) is 0 Å². The Morgan fingerprint density at radius 2 is 2.22 bits per heavy atom. The molecule has 0 bridgehead atoms. The molecule has 1 atom stereocenters. The fourth-order valence-corrected chi connectivity index (χ4v) is 2.84. The zero-order chi connectivity index (χ0) is 12.8. The van der Waals surface area contributed by atoms with Crippen LogP contribution in [0.1, 0.15) is 24.8 Å². The van der Waals surface area contributed by atoms with Gasteiger partial charge in [0, 0.05) is 18.7 Å². The lowest BCUT2D eigenvalue weighted by atomic mass is 9.94. The van der Waals surface area contributed by atoms with Crippen molar-refractivity contribution in [3.63, 3.8) is 0 Å². The highest BCUT2D eigenvalue weighted by atomic mass is 16.5. The monoisotopic (exact) mass is 248 g/mol. The van der Waals surface area contributed by atoms with E-state index in [4.69, 9.17) is 10.5 Å². The molecule has 100 valence electrons. The Labute approximate surface area is 110 Å². The van der Waals surface area contributed by atoms with Gasteiger partial charge in [0.25, 0.3) is 0 Å². The van der Waals surface area contributed by atoms with Gasteiger partial charge < -0.3 is 10.5 Å². The molecule has 3 heteroatoms. The molecule has 1 heterocycles. The molecule has 0 spiro atoms. The van der Waals surface area contributed by atoms with Crippen molar-refractivity contribution in [3.8, 4) is 5.75 Å². The van der Waals surface area contributed by atoms with Crippen molar-refractivity contribution in [3.05, 3.63) is 29.8 Å². The summed E-state index contributed by atoms with van der Waals surface area (Å²) in [6, 6.07) is 8.30. The first-order valence-electron chi connectivity index (χ1n) is 6.87. The minimum absolute atomic E-state index is 0.776. The van der Waals surface area contributed by atoms with Crippen LogP contribution in [-0.2, 0) is 6.54 Å². The summed E-state index contributed by atoms with van der Waals surface area (Å²) in [4.78, 5) is 2.53. The number of hydrogen-bond acceptors (Lipinski definition) is 3. The largest absolute Gasteiger partial charge is 0.496 e. The molecule has 1 aromatic carbocycles. The lowest BCUT2D eigenvalue weighted by Crippen LogP contribution is -2.35. The van der Waals surface area contributed by atoms with Gasteiger partial charge in [-0.1, -0.05) is 18.2 Å². The Balaban J connectivity index is 1.96. The molecular weight excluding hydrogens is 224 g/mol. The summed E-state index contributed by atoms with van der Waals surface area (Å²) in [6.45, 7) is 4.17. The number of ether oxygens (including phenoxy) is 1. The van der Waals surface area contributed by atoms with E-state index in [1.54, 1.807) is 7.11 Å². The minimum Gasteiger partial charge on any atom is -0.496 e. The van der Waals surface area contributed by atoms with Crippen LogP contribution in [0.5, 0.6) is 5.75 Å². The zero-order valence-electron chi connectivity index (χ0n) is 11.3. The first-order chi connectivity index (χ1) is 8.83. The molecule has 3 nitrogen and oxygen atoms in total. The van der Waals surface area contributed by atoms with E-state index < -0.39 is 0 Å². The fraction of sp³-hybridized carbons (Fsp3) is 0.600. The van der Waals surface area contributed by atoms with E-state index in [1.807, 2.05) is 12.1 Å². The molecule has 2 rings (SSSR count). The van der Waals surface area contributed by atoms with Gasteiger partial charge in [-0.25, -0.2) is 0 Å². The molecule has 0 amide bonds. The average Bonchev–Trinajstić information content (AvgIpc) is 2.40. The first kappa shape index (κ1) is 13.4. The Bertz CT molecular complexity index is 365. The van der Waals surface area contributed by atoms with Gasteiger partial charge in [0.15, 0.2) is 0 Å². The summed E-state index contributed by atoms with van der Waals surface area (Å²) in [5.41, 5.74) is 6.95. The van der Waals surface area contributed by atoms with Gasteiger partial charge in [0.1, 0.15) is 5.75 Å². The van der Waals surface area contributed by atoms with E-state index in [0.29, 0.717) is 0 Å². The summed E-state index contributed by atoms with van der Waals surface area (Å²) in [6.07, 6.45) is 3.78. The van der Waals surface area contributed by atoms with E-state index in [9.17, 15) is 0 Å². The summed E-state index contributed by atoms with van der Waals surface area (Å²) in [5.74, 6) is 1.77. The van der Waals surface area contributed by atoms with Crippen molar-refractivity contribution < 1.29 is 4.74 Å². The molecule has 1 aromatic rings. The van der Waals surface area contributed by atoms with Gasteiger partial charge >= 0.3 is 0 Å². The summed E-state index contributed by atoms with van der Waals surface area (Å²) in [7, 11) is 1.74. The Morgan fingerprint density at radius 3 is 3.00 bits per heavy atom.